The minimum atomic E-state index is -0.0595. The number of aromatic nitrogens is 4. The van der Waals surface area contributed by atoms with E-state index in [-0.39, 0.29) is 5.43 Å². The molecule has 0 aliphatic heterocycles. The summed E-state index contributed by atoms with van der Waals surface area (Å²) in [6.45, 7) is 9.06. The van der Waals surface area contributed by atoms with Crippen LogP contribution in [-0.2, 0) is 0 Å². The van der Waals surface area contributed by atoms with E-state index in [4.69, 9.17) is 0 Å². The van der Waals surface area contributed by atoms with Gasteiger partial charge >= 0.3 is 0 Å². The number of hydrogen-bond acceptors (Lipinski definition) is 4. The fourth-order valence-electron chi connectivity index (χ4n) is 3.48. The molecule has 1 aromatic carbocycles. The van der Waals surface area contributed by atoms with Crippen LogP contribution in [0.4, 0.5) is 5.82 Å². The molecule has 4 rings (SSSR count). The van der Waals surface area contributed by atoms with E-state index in [2.05, 4.69) is 46.1 Å². The Morgan fingerprint density at radius 2 is 2.11 bits per heavy atom. The zero-order chi connectivity index (χ0) is 19.7. The van der Waals surface area contributed by atoms with Gasteiger partial charge in [0.2, 0.25) is 5.43 Å². The number of rotatable bonds is 4. The van der Waals surface area contributed by atoms with Gasteiger partial charge in [-0.1, -0.05) is 25.6 Å². The van der Waals surface area contributed by atoms with Crippen molar-refractivity contribution < 1.29 is 0 Å². The first-order valence-corrected chi connectivity index (χ1v) is 9.03. The summed E-state index contributed by atoms with van der Waals surface area (Å²) in [6, 6.07) is 3.42. The number of aromatic amines is 2. The molecule has 0 saturated heterocycles. The summed E-state index contributed by atoms with van der Waals surface area (Å²) in [5.41, 5.74) is 10.3. The van der Waals surface area contributed by atoms with Crippen molar-refractivity contribution in [2.75, 3.05) is 25.5 Å². The van der Waals surface area contributed by atoms with Crippen molar-refractivity contribution in [2.24, 2.45) is 5.73 Å². The normalized spacial score (nSPS) is 11.0. The smallest absolute Gasteiger partial charge is 0.206 e. The monoisotopic (exact) mass is 366 g/mol. The van der Waals surface area contributed by atoms with Crippen LogP contribution in [0.3, 0.4) is 0 Å². The fraction of sp³-hybridized carbons (Fsp3) is 0.300. The maximum atomic E-state index is 12.2. The van der Waals surface area contributed by atoms with E-state index in [0.29, 0.717) is 5.52 Å². The average molecular weight is 366 g/mol. The average Bonchev–Trinajstić information content (AvgIpc) is 3.21. The van der Waals surface area contributed by atoms with Gasteiger partial charge in [-0.3, -0.25) is 9.20 Å². The Hall–Kier alpha value is -3.06. The first-order chi connectivity index (χ1) is 13.1. The van der Waals surface area contributed by atoms with Crippen molar-refractivity contribution in [3.05, 3.63) is 46.3 Å². The first kappa shape index (κ1) is 18.7. The maximum absolute atomic E-state index is 12.2. The molecule has 0 atom stereocenters. The number of benzene rings is 1. The highest BCUT2D eigenvalue weighted by Crippen LogP contribution is 2.30. The standard InChI is InChI=1S/C19H21N5O.CH5N/c1-5-9-23(4)14-10-20-19-15(21-14)12(6-2)18-22-16-13(25)8-7-11(3)17(16)24(18)19;1-2/h6-8,10,20-21H,2,5,9H2,1,3-4H3;2H2,1H3. The molecule has 0 aliphatic rings. The van der Waals surface area contributed by atoms with Crippen LogP contribution in [0.1, 0.15) is 24.5 Å². The highest BCUT2D eigenvalue weighted by molar-refractivity contribution is 5.99. The molecule has 0 bridgehead atoms. The lowest BCUT2D eigenvalue weighted by Gasteiger charge is -2.18. The van der Waals surface area contributed by atoms with Gasteiger partial charge in [0, 0.05) is 25.4 Å². The van der Waals surface area contributed by atoms with Gasteiger partial charge in [0.05, 0.1) is 11.0 Å². The maximum Gasteiger partial charge on any atom is 0.206 e. The van der Waals surface area contributed by atoms with Crippen LogP contribution in [0, 0.1) is 6.92 Å². The van der Waals surface area contributed by atoms with Crippen molar-refractivity contribution in [1.82, 2.24) is 19.4 Å². The predicted octanol–water partition coefficient (Wildman–Crippen LogP) is 3.03. The van der Waals surface area contributed by atoms with Crippen LogP contribution in [0.25, 0.3) is 33.9 Å². The van der Waals surface area contributed by atoms with E-state index in [1.807, 2.05) is 23.6 Å². The Kier molecular flexibility index (Phi) is 5.05. The van der Waals surface area contributed by atoms with E-state index in [1.54, 1.807) is 12.1 Å². The van der Waals surface area contributed by atoms with Crippen LogP contribution in [0.2, 0.25) is 0 Å². The second kappa shape index (κ2) is 7.28. The van der Waals surface area contributed by atoms with Crippen molar-refractivity contribution in [1.29, 1.82) is 0 Å². The first-order valence-electron chi connectivity index (χ1n) is 9.03. The zero-order valence-electron chi connectivity index (χ0n) is 16.3. The van der Waals surface area contributed by atoms with Crippen LogP contribution >= 0.6 is 0 Å². The second-order valence-electron chi connectivity index (χ2n) is 6.41. The number of H-pyrrole nitrogens is 2. The van der Waals surface area contributed by atoms with Gasteiger partial charge in [-0.15, -0.1) is 0 Å². The highest BCUT2D eigenvalue weighted by atomic mass is 16.1. The summed E-state index contributed by atoms with van der Waals surface area (Å²) >= 11 is 0. The summed E-state index contributed by atoms with van der Waals surface area (Å²) in [7, 11) is 3.56. The molecular formula is C20H26N6O. The Morgan fingerprint density at radius 3 is 2.78 bits per heavy atom. The Bertz CT molecular complexity index is 1180. The molecule has 7 heteroatoms. The van der Waals surface area contributed by atoms with Gasteiger partial charge in [0.25, 0.3) is 0 Å². The van der Waals surface area contributed by atoms with Crippen LogP contribution in [0.15, 0.2) is 29.7 Å². The summed E-state index contributed by atoms with van der Waals surface area (Å²) in [6.07, 6.45) is 4.81. The number of nitrogens with one attached hydrogen (secondary N) is 2. The molecule has 0 fully saturated rings. The third-order valence-electron chi connectivity index (χ3n) is 4.71. The molecule has 3 heterocycles. The lowest BCUT2D eigenvalue weighted by molar-refractivity contribution is 0.837. The van der Waals surface area contributed by atoms with E-state index >= 15 is 0 Å². The van der Waals surface area contributed by atoms with Gasteiger partial charge < -0.3 is 20.6 Å². The third kappa shape index (κ3) is 2.80. The van der Waals surface area contributed by atoms with Crippen molar-refractivity contribution in [2.45, 2.75) is 20.3 Å². The third-order valence-corrected chi connectivity index (χ3v) is 4.71. The lowest BCUT2D eigenvalue weighted by atomic mass is 10.2. The topological polar surface area (TPSA) is 95.2 Å². The molecule has 27 heavy (non-hydrogen) atoms. The summed E-state index contributed by atoms with van der Waals surface area (Å²) < 4.78 is 2.01. The minimum absolute atomic E-state index is 0.0595. The Labute approximate surface area is 157 Å². The molecule has 142 valence electrons. The van der Waals surface area contributed by atoms with Crippen molar-refractivity contribution in [3.8, 4) is 0 Å². The lowest BCUT2D eigenvalue weighted by Crippen LogP contribution is -2.19. The van der Waals surface area contributed by atoms with Gasteiger partial charge in [-0.2, -0.15) is 0 Å². The van der Waals surface area contributed by atoms with Crippen LogP contribution in [-0.4, -0.2) is 40.0 Å². The predicted molar refractivity (Wildman–Crippen MR) is 114 cm³/mol. The molecule has 4 aromatic rings. The largest absolute Gasteiger partial charge is 0.360 e. The number of aryl methyl sites for hydroxylation is 1. The SMILES string of the molecule is C=Cc1c2[nH]c(N(C)CCC)c[nH]c2n2c1nc1c(=O)ccc(C)c12.CN. The van der Waals surface area contributed by atoms with Gasteiger partial charge in [0.15, 0.2) is 0 Å². The van der Waals surface area contributed by atoms with E-state index in [0.717, 1.165) is 52.2 Å². The molecule has 7 nitrogen and oxygen atoms in total. The van der Waals surface area contributed by atoms with E-state index < -0.39 is 0 Å². The van der Waals surface area contributed by atoms with Gasteiger partial charge in [-0.25, -0.2) is 4.98 Å². The summed E-state index contributed by atoms with van der Waals surface area (Å²) in [4.78, 5) is 25.9. The summed E-state index contributed by atoms with van der Waals surface area (Å²) in [5.74, 6) is 0.997. The minimum Gasteiger partial charge on any atom is -0.360 e. The number of anilines is 1. The number of hydrogen-bond donors (Lipinski definition) is 3. The Morgan fingerprint density at radius 1 is 1.37 bits per heavy atom. The zero-order valence-corrected chi connectivity index (χ0v) is 16.3. The van der Waals surface area contributed by atoms with E-state index in [9.17, 15) is 4.79 Å². The fourth-order valence-corrected chi connectivity index (χ4v) is 3.48. The molecular weight excluding hydrogens is 340 g/mol. The Balaban J connectivity index is 0.00000102. The molecule has 0 spiro atoms. The van der Waals surface area contributed by atoms with Gasteiger partial charge in [-0.05, 0) is 32.0 Å². The van der Waals surface area contributed by atoms with Crippen LogP contribution < -0.4 is 16.1 Å². The number of nitrogens with zero attached hydrogens (tertiary/aromatic N) is 3. The van der Waals surface area contributed by atoms with Crippen molar-refractivity contribution in [3.63, 3.8) is 0 Å². The molecule has 3 aromatic heterocycles. The quantitative estimate of drug-likeness (QED) is 0.517. The van der Waals surface area contributed by atoms with Crippen molar-refractivity contribution >= 4 is 39.7 Å². The molecule has 0 radical (unpaired) electrons. The highest BCUT2D eigenvalue weighted by Gasteiger charge is 2.19. The molecule has 0 aliphatic carbocycles. The number of imidazole rings is 1. The summed E-state index contributed by atoms with van der Waals surface area (Å²) in [5, 5.41) is 0. The van der Waals surface area contributed by atoms with E-state index in [1.165, 1.54) is 7.05 Å². The molecule has 4 N–H and O–H groups in total. The second-order valence-corrected chi connectivity index (χ2v) is 6.41. The van der Waals surface area contributed by atoms with Gasteiger partial charge in [0.1, 0.15) is 22.6 Å². The number of nitrogens with two attached hydrogens (primary N) is 1. The van der Waals surface area contributed by atoms with Crippen LogP contribution in [0.5, 0.6) is 0 Å². The molecule has 0 amide bonds. The molecule has 0 unspecified atom stereocenters. The number of fused-ring (bicyclic) bond motifs is 5. The molecule has 0 saturated carbocycles.